The number of hydrogen-bond donors (Lipinski definition) is 1. The number of nitrogens with zero attached hydrogens (tertiary/aromatic N) is 5. The fraction of sp³-hybridized carbons (Fsp3) is 0.500. The van der Waals surface area contributed by atoms with E-state index in [4.69, 9.17) is 0 Å². The summed E-state index contributed by atoms with van der Waals surface area (Å²) in [5.74, 6) is 0. The smallest absolute Gasteiger partial charge is 0.143 e. The van der Waals surface area contributed by atoms with Crippen molar-refractivity contribution in [3.05, 3.63) is 30.6 Å². The minimum atomic E-state index is 0.571. The predicted molar refractivity (Wildman–Crippen MR) is 75.8 cm³/mol. The van der Waals surface area contributed by atoms with E-state index in [1.807, 2.05) is 12.1 Å². The van der Waals surface area contributed by atoms with Crippen molar-refractivity contribution in [3.63, 3.8) is 0 Å². The second-order valence-electron chi connectivity index (χ2n) is 5.59. The van der Waals surface area contributed by atoms with E-state index in [9.17, 15) is 0 Å². The Bertz CT molecular complexity index is 581. The summed E-state index contributed by atoms with van der Waals surface area (Å²) in [4.78, 5) is 2.61. The zero-order valence-electron chi connectivity index (χ0n) is 11.3. The lowest BCUT2D eigenvalue weighted by molar-refractivity contribution is 0.318. The first-order valence-corrected chi connectivity index (χ1v) is 7.24. The van der Waals surface area contributed by atoms with E-state index in [2.05, 4.69) is 37.9 Å². The topological polar surface area (TPSA) is 58.9 Å². The van der Waals surface area contributed by atoms with Gasteiger partial charge in [0.25, 0.3) is 0 Å². The van der Waals surface area contributed by atoms with E-state index in [1.165, 1.54) is 32.4 Å². The molecule has 2 aliphatic heterocycles. The summed E-state index contributed by atoms with van der Waals surface area (Å²) >= 11 is 0. The lowest BCUT2D eigenvalue weighted by Crippen LogP contribution is -2.33. The van der Waals surface area contributed by atoms with Crippen LogP contribution in [0.5, 0.6) is 0 Å². The van der Waals surface area contributed by atoms with Crippen LogP contribution in [0.3, 0.4) is 0 Å². The van der Waals surface area contributed by atoms with Crippen LogP contribution in [0.2, 0.25) is 0 Å². The van der Waals surface area contributed by atoms with Gasteiger partial charge in [0, 0.05) is 24.3 Å². The highest BCUT2D eigenvalue weighted by Crippen LogP contribution is 2.30. The van der Waals surface area contributed by atoms with Gasteiger partial charge < -0.3 is 5.32 Å². The normalized spacial score (nSPS) is 25.8. The molecule has 3 heterocycles. The summed E-state index contributed by atoms with van der Waals surface area (Å²) in [6.45, 7) is 2.50. The van der Waals surface area contributed by atoms with Gasteiger partial charge in [-0.05, 0) is 54.4 Å². The van der Waals surface area contributed by atoms with Gasteiger partial charge in [0.1, 0.15) is 6.33 Å². The van der Waals surface area contributed by atoms with Gasteiger partial charge in [0.15, 0.2) is 0 Å². The van der Waals surface area contributed by atoms with Gasteiger partial charge in [-0.3, -0.25) is 4.90 Å². The molecule has 0 spiro atoms. The summed E-state index contributed by atoms with van der Waals surface area (Å²) in [7, 11) is 0. The Balaban J connectivity index is 1.53. The van der Waals surface area contributed by atoms with Crippen LogP contribution >= 0.6 is 0 Å². The van der Waals surface area contributed by atoms with Gasteiger partial charge in [-0.15, -0.1) is 5.10 Å². The first-order chi connectivity index (χ1) is 9.90. The number of rotatable bonds is 3. The monoisotopic (exact) mass is 270 g/mol. The largest absolute Gasteiger partial charge is 0.381 e. The summed E-state index contributed by atoms with van der Waals surface area (Å²) in [6.07, 6.45) is 5.52. The summed E-state index contributed by atoms with van der Waals surface area (Å²) in [6, 6.07) is 9.56. The van der Waals surface area contributed by atoms with E-state index in [1.54, 1.807) is 11.0 Å². The molecule has 0 aliphatic carbocycles. The number of benzene rings is 1. The van der Waals surface area contributed by atoms with E-state index in [0.29, 0.717) is 12.1 Å². The number of anilines is 1. The maximum Gasteiger partial charge on any atom is 0.143 e. The van der Waals surface area contributed by atoms with E-state index in [0.717, 1.165) is 11.4 Å². The third-order valence-electron chi connectivity index (χ3n) is 4.42. The zero-order chi connectivity index (χ0) is 13.4. The molecule has 1 N–H and O–H groups in total. The van der Waals surface area contributed by atoms with Gasteiger partial charge in [0.2, 0.25) is 0 Å². The van der Waals surface area contributed by atoms with Gasteiger partial charge in [-0.25, -0.2) is 4.68 Å². The van der Waals surface area contributed by atoms with Crippen molar-refractivity contribution < 1.29 is 0 Å². The highest BCUT2D eigenvalue weighted by Gasteiger charge is 2.36. The van der Waals surface area contributed by atoms with Crippen molar-refractivity contribution in [3.8, 4) is 5.69 Å². The molecule has 1 aromatic heterocycles. The van der Waals surface area contributed by atoms with Crippen LogP contribution in [0, 0.1) is 0 Å². The summed E-state index contributed by atoms with van der Waals surface area (Å²) in [5, 5.41) is 15.0. The quantitative estimate of drug-likeness (QED) is 0.911. The number of hydrogen-bond acceptors (Lipinski definition) is 5. The summed E-state index contributed by atoms with van der Waals surface area (Å²) in [5.41, 5.74) is 2.14. The molecule has 104 valence electrons. The average molecular weight is 270 g/mol. The number of tetrazole rings is 1. The molecule has 0 saturated carbocycles. The van der Waals surface area contributed by atoms with E-state index >= 15 is 0 Å². The highest BCUT2D eigenvalue weighted by molar-refractivity contribution is 5.51. The van der Waals surface area contributed by atoms with Crippen LogP contribution in [0.25, 0.3) is 5.69 Å². The third kappa shape index (κ3) is 2.06. The van der Waals surface area contributed by atoms with Crippen molar-refractivity contribution in [2.45, 2.75) is 31.3 Å². The second-order valence-corrected chi connectivity index (χ2v) is 5.59. The van der Waals surface area contributed by atoms with Crippen LogP contribution < -0.4 is 5.32 Å². The Labute approximate surface area is 117 Å². The minimum Gasteiger partial charge on any atom is -0.381 e. The molecule has 1 aromatic carbocycles. The van der Waals surface area contributed by atoms with Crippen LogP contribution in [0.15, 0.2) is 30.6 Å². The van der Waals surface area contributed by atoms with Crippen LogP contribution in [-0.4, -0.2) is 50.3 Å². The van der Waals surface area contributed by atoms with Gasteiger partial charge >= 0.3 is 0 Å². The molecule has 4 rings (SSSR count). The predicted octanol–water partition coefficient (Wildman–Crippen LogP) is 1.31. The van der Waals surface area contributed by atoms with Gasteiger partial charge in [-0.2, -0.15) is 0 Å². The van der Waals surface area contributed by atoms with Crippen molar-refractivity contribution >= 4 is 5.69 Å². The molecule has 0 amide bonds. The number of nitrogens with one attached hydrogen (secondary N) is 1. The number of fused-ring (bicyclic) bond motifs is 1. The van der Waals surface area contributed by atoms with Crippen LogP contribution in [0.1, 0.15) is 19.3 Å². The molecule has 6 heteroatoms. The molecule has 6 nitrogen and oxygen atoms in total. The Morgan fingerprint density at radius 2 is 2.20 bits per heavy atom. The molecular weight excluding hydrogens is 252 g/mol. The Morgan fingerprint density at radius 1 is 1.20 bits per heavy atom. The molecule has 2 aliphatic rings. The van der Waals surface area contributed by atoms with Crippen LogP contribution in [0.4, 0.5) is 5.69 Å². The summed E-state index contributed by atoms with van der Waals surface area (Å²) < 4.78 is 1.68. The van der Waals surface area contributed by atoms with Crippen molar-refractivity contribution in [1.29, 1.82) is 0 Å². The van der Waals surface area contributed by atoms with Gasteiger partial charge in [-0.1, -0.05) is 6.07 Å². The molecule has 0 bridgehead atoms. The molecule has 2 fully saturated rings. The van der Waals surface area contributed by atoms with Crippen molar-refractivity contribution in [1.82, 2.24) is 25.1 Å². The van der Waals surface area contributed by atoms with E-state index in [-0.39, 0.29) is 0 Å². The zero-order valence-corrected chi connectivity index (χ0v) is 11.3. The molecule has 2 atom stereocenters. The Hall–Kier alpha value is -1.95. The molecule has 20 heavy (non-hydrogen) atoms. The lowest BCUT2D eigenvalue weighted by atomic mass is 10.1. The molecule has 0 radical (unpaired) electrons. The maximum absolute atomic E-state index is 3.93. The van der Waals surface area contributed by atoms with E-state index < -0.39 is 0 Å². The second kappa shape index (κ2) is 4.86. The van der Waals surface area contributed by atoms with Crippen molar-refractivity contribution in [2.24, 2.45) is 0 Å². The SMILES string of the molecule is c1cc(NC2CCN3CCCC23)cc(-n2cnnn2)c1. The highest BCUT2D eigenvalue weighted by atomic mass is 15.5. The van der Waals surface area contributed by atoms with Crippen molar-refractivity contribution in [2.75, 3.05) is 18.4 Å². The van der Waals surface area contributed by atoms with Crippen LogP contribution in [-0.2, 0) is 0 Å². The lowest BCUT2D eigenvalue weighted by Gasteiger charge is -2.22. The molecule has 2 aromatic rings. The minimum absolute atomic E-state index is 0.571. The molecule has 2 unspecified atom stereocenters. The first kappa shape index (κ1) is 11.8. The Morgan fingerprint density at radius 3 is 3.10 bits per heavy atom. The fourth-order valence-electron chi connectivity index (χ4n) is 3.48. The standard InChI is InChI=1S/C14H18N6/c1-3-11(9-12(4-1)20-10-15-17-18-20)16-13-6-8-19-7-2-5-14(13)19/h1,3-4,9-10,13-14,16H,2,5-8H2. The third-order valence-corrected chi connectivity index (χ3v) is 4.42. The molecular formula is C14H18N6. The number of aromatic nitrogens is 4. The van der Waals surface area contributed by atoms with Gasteiger partial charge in [0.05, 0.1) is 5.69 Å². The first-order valence-electron chi connectivity index (χ1n) is 7.24. The Kier molecular flexibility index (Phi) is 2.88. The maximum atomic E-state index is 3.93. The molecule has 2 saturated heterocycles. The average Bonchev–Trinajstić information content (AvgIpc) is 3.18. The fourth-order valence-corrected chi connectivity index (χ4v) is 3.48.